The summed E-state index contributed by atoms with van der Waals surface area (Å²) in [7, 11) is 0. The van der Waals surface area contributed by atoms with E-state index < -0.39 is 5.60 Å². The van der Waals surface area contributed by atoms with Crippen LogP contribution in [0.1, 0.15) is 59.3 Å². The van der Waals surface area contributed by atoms with Crippen LogP contribution >= 0.6 is 0 Å². The SMILES string of the molecule is C=C(C)C1(C)CCC2C1CCCCC2(C)O. The van der Waals surface area contributed by atoms with Gasteiger partial charge in [0.15, 0.2) is 0 Å². The molecule has 0 heterocycles. The minimum Gasteiger partial charge on any atom is -0.390 e. The molecular weight excluding hydrogens is 196 g/mol. The normalized spacial score (nSPS) is 48.5. The Morgan fingerprint density at radius 1 is 1.12 bits per heavy atom. The Hall–Kier alpha value is -0.300. The molecule has 0 aromatic carbocycles. The molecule has 4 atom stereocenters. The molecule has 4 unspecified atom stereocenters. The molecule has 0 radical (unpaired) electrons. The van der Waals surface area contributed by atoms with Crippen LogP contribution in [0.3, 0.4) is 0 Å². The van der Waals surface area contributed by atoms with Gasteiger partial charge in [0.2, 0.25) is 0 Å². The predicted octanol–water partition coefficient (Wildman–Crippen LogP) is 3.92. The van der Waals surface area contributed by atoms with Gasteiger partial charge in [0.1, 0.15) is 0 Å². The highest BCUT2D eigenvalue weighted by Gasteiger charge is 2.51. The summed E-state index contributed by atoms with van der Waals surface area (Å²) in [5.74, 6) is 1.15. The van der Waals surface area contributed by atoms with Gasteiger partial charge < -0.3 is 5.11 Å². The highest BCUT2D eigenvalue weighted by Crippen LogP contribution is 2.57. The zero-order valence-corrected chi connectivity index (χ0v) is 11.1. The lowest BCUT2D eigenvalue weighted by molar-refractivity contribution is -0.0255. The second-order valence-corrected chi connectivity index (χ2v) is 6.55. The van der Waals surface area contributed by atoms with Crippen LogP contribution < -0.4 is 0 Å². The number of allylic oxidation sites excluding steroid dienone is 1. The quantitative estimate of drug-likeness (QED) is 0.667. The monoisotopic (exact) mass is 222 g/mol. The molecule has 2 saturated carbocycles. The van der Waals surface area contributed by atoms with Crippen LogP contribution in [0.4, 0.5) is 0 Å². The fourth-order valence-electron chi connectivity index (χ4n) is 4.11. The fraction of sp³-hybridized carbons (Fsp3) is 0.867. The van der Waals surface area contributed by atoms with Crippen molar-refractivity contribution in [2.45, 2.75) is 64.9 Å². The van der Waals surface area contributed by atoms with Gasteiger partial charge in [-0.25, -0.2) is 0 Å². The molecule has 0 bridgehead atoms. The summed E-state index contributed by atoms with van der Waals surface area (Å²) in [6.07, 6.45) is 7.13. The highest BCUT2D eigenvalue weighted by atomic mass is 16.3. The Balaban J connectivity index is 2.30. The van der Waals surface area contributed by atoms with Gasteiger partial charge in [0, 0.05) is 0 Å². The molecule has 2 rings (SSSR count). The molecule has 2 fully saturated rings. The molecule has 0 saturated heterocycles. The van der Waals surface area contributed by atoms with Crippen LogP contribution in [-0.4, -0.2) is 10.7 Å². The summed E-state index contributed by atoms with van der Waals surface area (Å²) in [6.45, 7) is 10.8. The number of hydrogen-bond donors (Lipinski definition) is 1. The van der Waals surface area contributed by atoms with E-state index >= 15 is 0 Å². The van der Waals surface area contributed by atoms with E-state index in [4.69, 9.17) is 0 Å². The Morgan fingerprint density at radius 3 is 2.44 bits per heavy atom. The molecule has 16 heavy (non-hydrogen) atoms. The average molecular weight is 222 g/mol. The highest BCUT2D eigenvalue weighted by molar-refractivity contribution is 5.15. The largest absolute Gasteiger partial charge is 0.390 e. The van der Waals surface area contributed by atoms with Crippen LogP contribution in [0.2, 0.25) is 0 Å². The zero-order chi connectivity index (χ0) is 12.0. The van der Waals surface area contributed by atoms with Gasteiger partial charge in [-0.3, -0.25) is 0 Å². The third kappa shape index (κ3) is 1.73. The molecule has 0 spiro atoms. The van der Waals surface area contributed by atoms with Gasteiger partial charge in [-0.2, -0.15) is 0 Å². The lowest BCUT2D eigenvalue weighted by Crippen LogP contribution is -2.38. The van der Waals surface area contributed by atoms with Crippen LogP contribution in [-0.2, 0) is 0 Å². The molecule has 0 aromatic rings. The van der Waals surface area contributed by atoms with E-state index in [0.29, 0.717) is 11.8 Å². The molecule has 1 heteroatoms. The summed E-state index contributed by atoms with van der Waals surface area (Å²) in [6, 6.07) is 0. The van der Waals surface area contributed by atoms with Crippen molar-refractivity contribution < 1.29 is 5.11 Å². The standard InChI is InChI=1S/C15H26O/c1-11(2)14(3)10-8-13-12(14)7-5-6-9-15(13,4)16/h12-13,16H,1,5-10H2,2-4H3. The van der Waals surface area contributed by atoms with Gasteiger partial charge in [-0.1, -0.05) is 31.9 Å². The maximum absolute atomic E-state index is 10.6. The Kier molecular flexibility index (Phi) is 2.94. The van der Waals surface area contributed by atoms with Gasteiger partial charge in [-0.15, -0.1) is 0 Å². The molecular formula is C15H26O. The van der Waals surface area contributed by atoms with Crippen LogP contribution in [0.15, 0.2) is 12.2 Å². The van der Waals surface area contributed by atoms with Crippen molar-refractivity contribution in [3.8, 4) is 0 Å². The van der Waals surface area contributed by atoms with E-state index in [-0.39, 0.29) is 5.41 Å². The first kappa shape index (κ1) is 12.2. The zero-order valence-electron chi connectivity index (χ0n) is 11.1. The predicted molar refractivity (Wildman–Crippen MR) is 68.2 cm³/mol. The summed E-state index contributed by atoms with van der Waals surface area (Å²) >= 11 is 0. The van der Waals surface area contributed by atoms with Crippen molar-refractivity contribution >= 4 is 0 Å². The molecule has 0 aromatic heterocycles. The first-order valence-electron chi connectivity index (χ1n) is 6.76. The molecule has 2 aliphatic carbocycles. The van der Waals surface area contributed by atoms with Crippen molar-refractivity contribution in [2.24, 2.45) is 17.3 Å². The second-order valence-electron chi connectivity index (χ2n) is 6.55. The van der Waals surface area contributed by atoms with Gasteiger partial charge in [-0.05, 0) is 56.8 Å². The maximum atomic E-state index is 10.6. The Bertz CT molecular complexity index is 292. The molecule has 1 N–H and O–H groups in total. The van der Waals surface area contributed by atoms with Gasteiger partial charge in [0.25, 0.3) is 0 Å². The first-order chi connectivity index (χ1) is 7.38. The van der Waals surface area contributed by atoms with E-state index in [1.54, 1.807) is 0 Å². The van der Waals surface area contributed by atoms with E-state index in [0.717, 1.165) is 6.42 Å². The topological polar surface area (TPSA) is 20.2 Å². The fourth-order valence-corrected chi connectivity index (χ4v) is 4.11. The minimum absolute atomic E-state index is 0.277. The smallest absolute Gasteiger partial charge is 0.0650 e. The summed E-state index contributed by atoms with van der Waals surface area (Å²) in [5.41, 5.74) is 1.16. The third-order valence-corrected chi connectivity index (χ3v) is 5.50. The molecule has 1 nitrogen and oxygen atoms in total. The van der Waals surface area contributed by atoms with Crippen molar-refractivity contribution in [1.82, 2.24) is 0 Å². The number of hydrogen-bond acceptors (Lipinski definition) is 1. The summed E-state index contributed by atoms with van der Waals surface area (Å²) in [4.78, 5) is 0. The van der Waals surface area contributed by atoms with E-state index in [1.807, 2.05) is 0 Å². The lowest BCUT2D eigenvalue weighted by atomic mass is 9.68. The van der Waals surface area contributed by atoms with Crippen LogP contribution in [0.5, 0.6) is 0 Å². The summed E-state index contributed by atoms with van der Waals surface area (Å²) in [5, 5.41) is 10.6. The molecule has 0 aliphatic heterocycles. The Labute approximate surface area is 99.9 Å². The van der Waals surface area contributed by atoms with Gasteiger partial charge >= 0.3 is 0 Å². The van der Waals surface area contributed by atoms with Crippen molar-refractivity contribution in [2.75, 3.05) is 0 Å². The number of aliphatic hydroxyl groups is 1. The minimum atomic E-state index is -0.436. The molecule has 2 aliphatic rings. The number of fused-ring (bicyclic) bond motifs is 1. The maximum Gasteiger partial charge on any atom is 0.0650 e. The third-order valence-electron chi connectivity index (χ3n) is 5.50. The van der Waals surface area contributed by atoms with E-state index in [1.165, 1.54) is 37.7 Å². The van der Waals surface area contributed by atoms with Crippen LogP contribution in [0, 0.1) is 17.3 Å². The van der Waals surface area contributed by atoms with E-state index in [9.17, 15) is 5.11 Å². The Morgan fingerprint density at radius 2 is 1.81 bits per heavy atom. The lowest BCUT2D eigenvalue weighted by Gasteiger charge is -2.38. The van der Waals surface area contributed by atoms with Crippen molar-refractivity contribution in [3.05, 3.63) is 12.2 Å². The van der Waals surface area contributed by atoms with Crippen LogP contribution in [0.25, 0.3) is 0 Å². The summed E-state index contributed by atoms with van der Waals surface area (Å²) < 4.78 is 0. The van der Waals surface area contributed by atoms with Crippen molar-refractivity contribution in [1.29, 1.82) is 0 Å². The number of rotatable bonds is 1. The first-order valence-corrected chi connectivity index (χ1v) is 6.76. The molecule has 0 amide bonds. The second kappa shape index (κ2) is 3.87. The average Bonchev–Trinajstić information content (AvgIpc) is 2.44. The van der Waals surface area contributed by atoms with Gasteiger partial charge in [0.05, 0.1) is 5.60 Å². The van der Waals surface area contributed by atoms with Crippen molar-refractivity contribution in [3.63, 3.8) is 0 Å². The van der Waals surface area contributed by atoms with E-state index in [2.05, 4.69) is 27.4 Å². The molecule has 92 valence electrons.